The number of amides is 1. The lowest BCUT2D eigenvalue weighted by Crippen LogP contribution is -2.40. The normalized spacial score (nSPS) is 18.9. The third-order valence-corrected chi connectivity index (χ3v) is 6.08. The Kier molecular flexibility index (Phi) is 6.01. The Balaban J connectivity index is 1.86. The van der Waals surface area contributed by atoms with Crippen LogP contribution in [0, 0.1) is 5.92 Å². The predicted octanol–water partition coefficient (Wildman–Crippen LogP) is 3.72. The van der Waals surface area contributed by atoms with Gasteiger partial charge in [-0.25, -0.2) is 4.98 Å². The van der Waals surface area contributed by atoms with E-state index in [0.717, 1.165) is 25.9 Å². The minimum Gasteiger partial charge on any atom is -0.342 e. The zero-order valence-corrected chi connectivity index (χ0v) is 16.6. The van der Waals surface area contributed by atoms with Crippen molar-refractivity contribution >= 4 is 28.6 Å². The Morgan fingerprint density at radius 1 is 1.38 bits per heavy atom. The number of rotatable bonds is 5. The summed E-state index contributed by atoms with van der Waals surface area (Å²) in [5, 5.41) is 1.27. The third kappa shape index (κ3) is 3.95. The number of thioether (sulfide) groups is 1. The molecule has 5 nitrogen and oxygen atoms in total. The van der Waals surface area contributed by atoms with Crippen LogP contribution in [-0.2, 0) is 4.79 Å². The number of benzene rings is 1. The summed E-state index contributed by atoms with van der Waals surface area (Å²) in [5.41, 5.74) is 0.671. The molecule has 1 aromatic carbocycles. The first-order chi connectivity index (χ1) is 12.5. The van der Waals surface area contributed by atoms with Gasteiger partial charge < -0.3 is 4.90 Å². The maximum Gasteiger partial charge on any atom is 0.262 e. The van der Waals surface area contributed by atoms with Gasteiger partial charge in [0.15, 0.2) is 5.16 Å². The van der Waals surface area contributed by atoms with E-state index in [2.05, 4.69) is 13.8 Å². The van der Waals surface area contributed by atoms with Gasteiger partial charge >= 0.3 is 0 Å². The number of likely N-dealkylation sites (tertiary alicyclic amines) is 1. The largest absolute Gasteiger partial charge is 0.342 e. The molecule has 0 unspecified atom stereocenters. The number of hydrogen-bond acceptors (Lipinski definition) is 4. The molecule has 0 spiro atoms. The molecular formula is C20H27N3O2S. The third-order valence-electron chi connectivity index (χ3n) is 5.14. The maximum absolute atomic E-state index is 13.0. The van der Waals surface area contributed by atoms with Crippen LogP contribution in [0.15, 0.2) is 34.2 Å². The molecule has 2 atom stereocenters. The highest BCUT2D eigenvalue weighted by atomic mass is 32.2. The molecule has 2 aromatic rings. The van der Waals surface area contributed by atoms with Crippen LogP contribution in [0.4, 0.5) is 0 Å². The summed E-state index contributed by atoms with van der Waals surface area (Å²) in [6, 6.07) is 7.47. The Labute approximate surface area is 158 Å². The smallest absolute Gasteiger partial charge is 0.262 e. The molecule has 1 saturated heterocycles. The van der Waals surface area contributed by atoms with Gasteiger partial charge in [-0.1, -0.05) is 37.7 Å². The fourth-order valence-electron chi connectivity index (χ4n) is 3.43. The minimum atomic E-state index is -0.0218. The van der Waals surface area contributed by atoms with Crippen molar-refractivity contribution < 1.29 is 4.79 Å². The molecule has 0 saturated carbocycles. The van der Waals surface area contributed by atoms with Crippen molar-refractivity contribution in [2.75, 3.05) is 18.8 Å². The fourth-order valence-corrected chi connectivity index (χ4v) is 4.43. The van der Waals surface area contributed by atoms with Crippen LogP contribution in [0.3, 0.4) is 0 Å². The number of hydrogen-bond donors (Lipinski definition) is 0. The first-order valence-corrected chi connectivity index (χ1v) is 10.4. The number of para-hydroxylation sites is 1. The van der Waals surface area contributed by atoms with E-state index in [0.29, 0.717) is 27.7 Å². The van der Waals surface area contributed by atoms with Gasteiger partial charge in [-0.3, -0.25) is 14.2 Å². The van der Waals surface area contributed by atoms with Gasteiger partial charge in [0.2, 0.25) is 5.91 Å². The molecule has 26 heavy (non-hydrogen) atoms. The molecular weight excluding hydrogens is 346 g/mol. The van der Waals surface area contributed by atoms with Gasteiger partial charge in [0, 0.05) is 19.1 Å². The van der Waals surface area contributed by atoms with E-state index in [1.807, 2.05) is 36.1 Å². The van der Waals surface area contributed by atoms with E-state index < -0.39 is 0 Å². The molecule has 6 heteroatoms. The van der Waals surface area contributed by atoms with Crippen LogP contribution in [0.25, 0.3) is 10.9 Å². The molecule has 0 aliphatic carbocycles. The molecule has 1 aromatic heterocycles. The summed E-state index contributed by atoms with van der Waals surface area (Å²) < 4.78 is 1.75. The first kappa shape index (κ1) is 19.0. The van der Waals surface area contributed by atoms with E-state index in [1.54, 1.807) is 4.57 Å². The number of nitrogens with zero attached hydrogens (tertiary/aromatic N) is 3. The summed E-state index contributed by atoms with van der Waals surface area (Å²) in [6.45, 7) is 7.95. The molecule has 3 rings (SSSR count). The summed E-state index contributed by atoms with van der Waals surface area (Å²) >= 11 is 1.38. The summed E-state index contributed by atoms with van der Waals surface area (Å²) in [7, 11) is 0. The lowest BCUT2D eigenvalue weighted by atomic mass is 10.0. The van der Waals surface area contributed by atoms with Crippen LogP contribution in [-0.4, -0.2) is 39.2 Å². The molecule has 1 aliphatic heterocycles. The molecule has 1 fully saturated rings. The summed E-state index contributed by atoms with van der Waals surface area (Å²) in [6.07, 6.45) is 3.10. The van der Waals surface area contributed by atoms with E-state index in [4.69, 9.17) is 4.98 Å². The highest BCUT2D eigenvalue weighted by Gasteiger charge is 2.22. The van der Waals surface area contributed by atoms with Gasteiger partial charge in [-0.15, -0.1) is 0 Å². The lowest BCUT2D eigenvalue weighted by Gasteiger charge is -2.31. The van der Waals surface area contributed by atoms with Crippen LogP contribution >= 0.6 is 11.8 Å². The molecule has 0 bridgehead atoms. The topological polar surface area (TPSA) is 55.2 Å². The van der Waals surface area contributed by atoms with Gasteiger partial charge in [0.05, 0.1) is 16.7 Å². The molecule has 2 heterocycles. The molecule has 0 radical (unpaired) electrons. The van der Waals surface area contributed by atoms with Gasteiger partial charge in [-0.2, -0.15) is 0 Å². The monoisotopic (exact) mass is 373 g/mol. The van der Waals surface area contributed by atoms with Gasteiger partial charge in [0.1, 0.15) is 0 Å². The van der Waals surface area contributed by atoms with Crippen LogP contribution in [0.2, 0.25) is 0 Å². The van der Waals surface area contributed by atoms with Gasteiger partial charge in [0.25, 0.3) is 5.56 Å². The SMILES string of the molecule is CC[C@H](C)n1c(SCC(=O)N2CCC[C@@H](C)C2)nc2ccccc2c1=O. The van der Waals surface area contributed by atoms with Crippen molar-refractivity contribution in [2.24, 2.45) is 5.92 Å². The molecule has 1 amide bonds. The number of fused-ring (bicyclic) bond motifs is 1. The van der Waals surface area contributed by atoms with E-state index in [1.165, 1.54) is 18.2 Å². The fraction of sp³-hybridized carbons (Fsp3) is 0.550. The van der Waals surface area contributed by atoms with Crippen molar-refractivity contribution in [1.82, 2.24) is 14.5 Å². The zero-order chi connectivity index (χ0) is 18.7. The van der Waals surface area contributed by atoms with Crippen LogP contribution < -0.4 is 5.56 Å². The predicted molar refractivity (Wildman–Crippen MR) is 107 cm³/mol. The van der Waals surface area contributed by atoms with E-state index in [9.17, 15) is 9.59 Å². The second-order valence-electron chi connectivity index (χ2n) is 7.22. The quantitative estimate of drug-likeness (QED) is 0.592. The Hall–Kier alpha value is -1.82. The minimum absolute atomic E-state index is 0.0218. The Bertz CT molecular complexity index is 849. The zero-order valence-electron chi connectivity index (χ0n) is 15.8. The molecule has 0 N–H and O–H groups in total. The van der Waals surface area contributed by atoms with Crippen molar-refractivity contribution in [3.8, 4) is 0 Å². The van der Waals surface area contributed by atoms with Crippen molar-refractivity contribution in [3.63, 3.8) is 0 Å². The number of carbonyl (C=O) groups is 1. The second-order valence-corrected chi connectivity index (χ2v) is 8.16. The summed E-state index contributed by atoms with van der Waals surface area (Å²) in [5.74, 6) is 1.03. The number of aromatic nitrogens is 2. The highest BCUT2D eigenvalue weighted by molar-refractivity contribution is 7.99. The van der Waals surface area contributed by atoms with Crippen molar-refractivity contribution in [2.45, 2.75) is 51.2 Å². The maximum atomic E-state index is 13.0. The Morgan fingerprint density at radius 3 is 2.88 bits per heavy atom. The van der Waals surface area contributed by atoms with E-state index in [-0.39, 0.29) is 17.5 Å². The highest BCUT2D eigenvalue weighted by Crippen LogP contribution is 2.23. The average Bonchev–Trinajstić information content (AvgIpc) is 2.65. The lowest BCUT2D eigenvalue weighted by molar-refractivity contribution is -0.130. The first-order valence-electron chi connectivity index (χ1n) is 9.43. The Morgan fingerprint density at radius 2 is 2.15 bits per heavy atom. The molecule has 1 aliphatic rings. The van der Waals surface area contributed by atoms with Crippen molar-refractivity contribution in [3.05, 3.63) is 34.6 Å². The average molecular weight is 374 g/mol. The standard InChI is InChI=1S/C20H27N3O2S/c1-4-15(3)23-19(25)16-9-5-6-10-17(16)21-20(23)26-13-18(24)22-11-7-8-14(2)12-22/h5-6,9-10,14-15H,4,7-8,11-13H2,1-3H3/t14-,15+/m1/s1. The summed E-state index contributed by atoms with van der Waals surface area (Å²) in [4.78, 5) is 32.2. The van der Waals surface area contributed by atoms with Gasteiger partial charge in [-0.05, 0) is 44.2 Å². The number of carbonyl (C=O) groups excluding carboxylic acids is 1. The second kappa shape index (κ2) is 8.25. The van der Waals surface area contributed by atoms with Crippen LogP contribution in [0.5, 0.6) is 0 Å². The molecule has 140 valence electrons. The van der Waals surface area contributed by atoms with Crippen molar-refractivity contribution in [1.29, 1.82) is 0 Å². The number of piperidine rings is 1. The van der Waals surface area contributed by atoms with E-state index >= 15 is 0 Å². The van der Waals surface area contributed by atoms with Crippen LogP contribution in [0.1, 0.15) is 46.1 Å².